The Bertz CT molecular complexity index is 268. The van der Waals surface area contributed by atoms with Gasteiger partial charge in [0.2, 0.25) is 0 Å². The SMILES string of the molecule is NC(=O)COc1ccc(O)cc1. The molecule has 1 aromatic carbocycles. The summed E-state index contributed by atoms with van der Waals surface area (Å²) in [5.41, 5.74) is 4.86. The topological polar surface area (TPSA) is 72.6 Å². The number of aromatic hydroxyl groups is 1. The van der Waals surface area contributed by atoms with E-state index < -0.39 is 5.91 Å². The minimum atomic E-state index is -0.525. The summed E-state index contributed by atoms with van der Waals surface area (Å²) in [5.74, 6) is 0.135. The van der Waals surface area contributed by atoms with Gasteiger partial charge in [0.25, 0.3) is 5.91 Å². The van der Waals surface area contributed by atoms with Crippen LogP contribution in [0.25, 0.3) is 0 Å². The predicted octanol–water partition coefficient (Wildman–Crippen LogP) is 0.256. The van der Waals surface area contributed by atoms with Crippen LogP contribution in [0.3, 0.4) is 0 Å². The Kier molecular flexibility index (Phi) is 2.53. The number of carbonyl (C=O) groups excluding carboxylic acids is 1. The third-order valence-corrected chi connectivity index (χ3v) is 1.22. The lowest BCUT2D eigenvalue weighted by molar-refractivity contribution is -0.119. The second-order valence-corrected chi connectivity index (χ2v) is 2.25. The largest absolute Gasteiger partial charge is 0.508 e. The van der Waals surface area contributed by atoms with Gasteiger partial charge in [-0.1, -0.05) is 0 Å². The zero-order valence-corrected chi connectivity index (χ0v) is 6.36. The first-order chi connectivity index (χ1) is 5.68. The number of phenols is 1. The number of primary amides is 1. The highest BCUT2D eigenvalue weighted by molar-refractivity contribution is 5.75. The minimum absolute atomic E-state index is 0.148. The summed E-state index contributed by atoms with van der Waals surface area (Å²) in [7, 11) is 0. The monoisotopic (exact) mass is 167 g/mol. The summed E-state index contributed by atoms with van der Waals surface area (Å²) in [6.45, 7) is -0.148. The van der Waals surface area contributed by atoms with Gasteiger partial charge in [0.05, 0.1) is 0 Å². The number of ether oxygens (including phenoxy) is 1. The average Bonchev–Trinajstić information content (AvgIpc) is 2.03. The summed E-state index contributed by atoms with van der Waals surface area (Å²) in [4.78, 5) is 10.3. The molecule has 0 aliphatic carbocycles. The maximum absolute atomic E-state index is 10.3. The first kappa shape index (κ1) is 8.39. The van der Waals surface area contributed by atoms with Crippen molar-refractivity contribution in [2.24, 2.45) is 5.73 Å². The van der Waals surface area contributed by atoms with E-state index in [4.69, 9.17) is 15.6 Å². The molecule has 0 bridgehead atoms. The molecule has 0 unspecified atom stereocenters. The maximum Gasteiger partial charge on any atom is 0.255 e. The summed E-state index contributed by atoms with van der Waals surface area (Å²) >= 11 is 0. The first-order valence-electron chi connectivity index (χ1n) is 3.38. The van der Waals surface area contributed by atoms with Crippen LogP contribution < -0.4 is 10.5 Å². The molecule has 0 spiro atoms. The molecule has 0 saturated carbocycles. The molecule has 0 saturated heterocycles. The Balaban J connectivity index is 2.53. The standard InChI is InChI=1S/C8H9NO3/c9-8(11)5-12-7-3-1-6(10)2-4-7/h1-4,10H,5H2,(H2,9,11). The Hall–Kier alpha value is -1.71. The molecule has 0 aromatic heterocycles. The summed E-state index contributed by atoms with van der Waals surface area (Å²) in [5, 5.41) is 8.89. The van der Waals surface area contributed by atoms with Crippen molar-refractivity contribution >= 4 is 5.91 Å². The lowest BCUT2D eigenvalue weighted by atomic mass is 10.3. The molecule has 1 amide bonds. The lowest BCUT2D eigenvalue weighted by Gasteiger charge is -2.02. The fraction of sp³-hybridized carbons (Fsp3) is 0.125. The normalized spacial score (nSPS) is 9.33. The van der Waals surface area contributed by atoms with Crippen molar-refractivity contribution in [2.75, 3.05) is 6.61 Å². The first-order valence-corrected chi connectivity index (χ1v) is 3.38. The molecule has 0 heterocycles. The Labute approximate surface area is 69.6 Å². The van der Waals surface area contributed by atoms with Gasteiger partial charge in [0, 0.05) is 0 Å². The van der Waals surface area contributed by atoms with Crippen LogP contribution in [-0.2, 0) is 4.79 Å². The zero-order chi connectivity index (χ0) is 8.97. The summed E-state index contributed by atoms with van der Waals surface area (Å²) < 4.78 is 4.94. The van der Waals surface area contributed by atoms with E-state index >= 15 is 0 Å². The Morgan fingerprint density at radius 3 is 2.50 bits per heavy atom. The van der Waals surface area contributed by atoms with Crippen LogP contribution in [0.5, 0.6) is 11.5 Å². The third kappa shape index (κ3) is 2.49. The third-order valence-electron chi connectivity index (χ3n) is 1.22. The molecular weight excluding hydrogens is 158 g/mol. The van der Waals surface area contributed by atoms with Crippen LogP contribution in [0.4, 0.5) is 0 Å². The molecule has 4 nitrogen and oxygen atoms in total. The van der Waals surface area contributed by atoms with E-state index in [-0.39, 0.29) is 12.4 Å². The van der Waals surface area contributed by atoms with Crippen molar-refractivity contribution in [3.8, 4) is 11.5 Å². The number of rotatable bonds is 3. The van der Waals surface area contributed by atoms with Gasteiger partial charge in [-0.2, -0.15) is 0 Å². The summed E-state index contributed by atoms with van der Waals surface area (Å²) in [6, 6.07) is 6.04. The molecule has 4 heteroatoms. The van der Waals surface area contributed by atoms with Crippen LogP contribution in [-0.4, -0.2) is 17.6 Å². The van der Waals surface area contributed by atoms with Gasteiger partial charge < -0.3 is 15.6 Å². The van der Waals surface area contributed by atoms with Crippen molar-refractivity contribution in [3.63, 3.8) is 0 Å². The van der Waals surface area contributed by atoms with Crippen LogP contribution in [0.2, 0.25) is 0 Å². The van der Waals surface area contributed by atoms with Crippen molar-refractivity contribution in [2.45, 2.75) is 0 Å². The van der Waals surface area contributed by atoms with E-state index in [1.807, 2.05) is 0 Å². The van der Waals surface area contributed by atoms with E-state index in [1.54, 1.807) is 12.1 Å². The van der Waals surface area contributed by atoms with Crippen LogP contribution in [0.1, 0.15) is 0 Å². The van der Waals surface area contributed by atoms with Gasteiger partial charge in [-0.15, -0.1) is 0 Å². The average molecular weight is 167 g/mol. The van der Waals surface area contributed by atoms with Gasteiger partial charge in [0.1, 0.15) is 11.5 Å². The van der Waals surface area contributed by atoms with Crippen molar-refractivity contribution < 1.29 is 14.6 Å². The van der Waals surface area contributed by atoms with Crippen molar-refractivity contribution in [1.29, 1.82) is 0 Å². The van der Waals surface area contributed by atoms with E-state index in [1.165, 1.54) is 12.1 Å². The molecule has 12 heavy (non-hydrogen) atoms. The van der Waals surface area contributed by atoms with Gasteiger partial charge >= 0.3 is 0 Å². The number of amides is 1. The van der Waals surface area contributed by atoms with E-state index in [2.05, 4.69) is 0 Å². The van der Waals surface area contributed by atoms with Gasteiger partial charge in [-0.25, -0.2) is 0 Å². The molecule has 0 radical (unpaired) electrons. The number of hydrogen-bond acceptors (Lipinski definition) is 3. The highest BCUT2D eigenvalue weighted by Gasteiger charge is 1.96. The second kappa shape index (κ2) is 3.61. The van der Waals surface area contributed by atoms with E-state index in [0.717, 1.165) is 0 Å². The molecule has 0 atom stereocenters. The number of hydrogen-bond donors (Lipinski definition) is 2. The number of carbonyl (C=O) groups is 1. The molecule has 1 rings (SSSR count). The van der Waals surface area contributed by atoms with Gasteiger partial charge in [-0.05, 0) is 24.3 Å². The van der Waals surface area contributed by atoms with Crippen LogP contribution in [0.15, 0.2) is 24.3 Å². The minimum Gasteiger partial charge on any atom is -0.508 e. The lowest BCUT2D eigenvalue weighted by Crippen LogP contribution is -2.19. The van der Waals surface area contributed by atoms with Crippen molar-refractivity contribution in [3.05, 3.63) is 24.3 Å². The molecule has 1 aromatic rings. The molecule has 3 N–H and O–H groups in total. The summed E-state index contributed by atoms with van der Waals surface area (Å²) in [6.07, 6.45) is 0. The van der Waals surface area contributed by atoms with E-state index in [0.29, 0.717) is 5.75 Å². The Morgan fingerprint density at radius 2 is 2.00 bits per heavy atom. The highest BCUT2D eigenvalue weighted by Crippen LogP contribution is 2.15. The fourth-order valence-corrected chi connectivity index (χ4v) is 0.697. The highest BCUT2D eigenvalue weighted by atomic mass is 16.5. The fourth-order valence-electron chi connectivity index (χ4n) is 0.697. The molecule has 64 valence electrons. The molecule has 0 fully saturated rings. The smallest absolute Gasteiger partial charge is 0.255 e. The van der Waals surface area contributed by atoms with Gasteiger partial charge in [-0.3, -0.25) is 4.79 Å². The molecular formula is C8H9NO3. The molecule has 0 aliphatic rings. The second-order valence-electron chi connectivity index (χ2n) is 2.25. The van der Waals surface area contributed by atoms with Crippen molar-refractivity contribution in [1.82, 2.24) is 0 Å². The number of nitrogens with two attached hydrogens (primary N) is 1. The van der Waals surface area contributed by atoms with Gasteiger partial charge in [0.15, 0.2) is 6.61 Å². The number of benzene rings is 1. The molecule has 0 aliphatic heterocycles. The quantitative estimate of drug-likeness (QED) is 0.678. The Morgan fingerprint density at radius 1 is 1.42 bits per heavy atom. The van der Waals surface area contributed by atoms with E-state index in [9.17, 15) is 4.79 Å². The number of phenolic OH excluding ortho intramolecular Hbond substituents is 1. The van der Waals surface area contributed by atoms with Crippen LogP contribution in [0, 0.1) is 0 Å². The van der Waals surface area contributed by atoms with Crippen LogP contribution >= 0.6 is 0 Å². The maximum atomic E-state index is 10.3. The zero-order valence-electron chi connectivity index (χ0n) is 6.36. The predicted molar refractivity (Wildman–Crippen MR) is 42.8 cm³/mol.